The van der Waals surface area contributed by atoms with Crippen LogP contribution in [-0.4, -0.2) is 18.2 Å². The Morgan fingerprint density at radius 3 is 2.42 bits per heavy atom. The van der Waals surface area contributed by atoms with Crippen molar-refractivity contribution < 1.29 is 23.4 Å². The Balaban J connectivity index is 2.59. The Morgan fingerprint density at radius 2 is 1.89 bits per heavy atom. The van der Waals surface area contributed by atoms with Gasteiger partial charge >= 0.3 is 5.97 Å². The minimum atomic E-state index is -1.34. The second kappa shape index (κ2) is 5.15. The van der Waals surface area contributed by atoms with Crippen molar-refractivity contribution in [1.29, 1.82) is 0 Å². The molecule has 1 aromatic carbocycles. The zero-order chi connectivity index (χ0) is 14.0. The average molecular weight is 270 g/mol. The van der Waals surface area contributed by atoms with Crippen LogP contribution in [0.4, 0.5) is 8.78 Å². The monoisotopic (exact) mass is 270 g/mol. The molecule has 0 radical (unpaired) electrons. The topological polar surface area (TPSA) is 46.5 Å². The zero-order valence-electron chi connectivity index (χ0n) is 10.7. The summed E-state index contributed by atoms with van der Waals surface area (Å²) in [6.07, 6.45) is 2.97. The molecule has 1 aliphatic carbocycles. The molecule has 19 heavy (non-hydrogen) atoms. The lowest BCUT2D eigenvalue weighted by molar-refractivity contribution is -0.145. The number of aliphatic carboxylic acids is 1. The summed E-state index contributed by atoms with van der Waals surface area (Å²) in [4.78, 5) is 11.6. The molecule has 0 spiro atoms. The van der Waals surface area contributed by atoms with E-state index in [-0.39, 0.29) is 11.3 Å². The molecule has 0 heterocycles. The highest BCUT2D eigenvalue weighted by Crippen LogP contribution is 2.42. The molecule has 1 aliphatic rings. The SMILES string of the molecule is COc1cc(F)cc(C2(C(=O)O)CCCCC2)c1F. The highest BCUT2D eigenvalue weighted by molar-refractivity contribution is 5.81. The summed E-state index contributed by atoms with van der Waals surface area (Å²) < 4.78 is 32.6. The molecular formula is C14H16F2O3. The maximum absolute atomic E-state index is 14.3. The standard InChI is InChI=1S/C14H16F2O3/c1-19-11-8-9(15)7-10(12(11)16)14(13(17)18)5-3-2-4-6-14/h7-8H,2-6H2,1H3,(H,17,18). The third-order valence-corrected chi connectivity index (χ3v) is 3.86. The zero-order valence-corrected chi connectivity index (χ0v) is 10.7. The fourth-order valence-electron chi connectivity index (χ4n) is 2.81. The molecule has 0 amide bonds. The van der Waals surface area contributed by atoms with Crippen LogP contribution in [0.1, 0.15) is 37.7 Å². The fourth-order valence-corrected chi connectivity index (χ4v) is 2.81. The molecule has 0 aromatic heterocycles. The Bertz CT molecular complexity index is 494. The second-order valence-electron chi connectivity index (χ2n) is 4.92. The van der Waals surface area contributed by atoms with Gasteiger partial charge in [0.1, 0.15) is 5.82 Å². The summed E-state index contributed by atoms with van der Waals surface area (Å²) >= 11 is 0. The van der Waals surface area contributed by atoms with Gasteiger partial charge in [0, 0.05) is 11.6 Å². The summed E-state index contributed by atoms with van der Waals surface area (Å²) in [7, 11) is 1.23. The number of hydrogen-bond acceptors (Lipinski definition) is 2. The molecule has 1 fully saturated rings. The number of carboxylic acid groups (broad SMARTS) is 1. The highest BCUT2D eigenvalue weighted by Gasteiger charge is 2.44. The van der Waals surface area contributed by atoms with Gasteiger partial charge in [0.2, 0.25) is 0 Å². The summed E-state index contributed by atoms with van der Waals surface area (Å²) in [5, 5.41) is 9.49. The van der Waals surface area contributed by atoms with Gasteiger partial charge in [-0.2, -0.15) is 0 Å². The maximum Gasteiger partial charge on any atom is 0.314 e. The lowest BCUT2D eigenvalue weighted by atomic mass is 9.69. The van der Waals surface area contributed by atoms with Crippen molar-refractivity contribution in [3.05, 3.63) is 29.3 Å². The van der Waals surface area contributed by atoms with Gasteiger partial charge in [-0.05, 0) is 18.9 Å². The summed E-state index contributed by atoms with van der Waals surface area (Å²) in [6.45, 7) is 0. The summed E-state index contributed by atoms with van der Waals surface area (Å²) in [5.41, 5.74) is -1.44. The lowest BCUT2D eigenvalue weighted by Crippen LogP contribution is -2.38. The molecule has 104 valence electrons. The Kier molecular flexibility index (Phi) is 3.73. The van der Waals surface area contributed by atoms with Crippen molar-refractivity contribution in [2.75, 3.05) is 7.11 Å². The molecule has 0 bridgehead atoms. The molecule has 0 saturated heterocycles. The first-order valence-electron chi connectivity index (χ1n) is 6.28. The molecule has 1 saturated carbocycles. The number of halogens is 2. The van der Waals surface area contributed by atoms with E-state index in [4.69, 9.17) is 4.74 Å². The maximum atomic E-state index is 14.3. The van der Waals surface area contributed by atoms with Crippen molar-refractivity contribution in [1.82, 2.24) is 0 Å². The van der Waals surface area contributed by atoms with Gasteiger partial charge in [-0.1, -0.05) is 19.3 Å². The number of carboxylic acids is 1. The first-order chi connectivity index (χ1) is 9.01. The fraction of sp³-hybridized carbons (Fsp3) is 0.500. The molecular weight excluding hydrogens is 254 g/mol. The van der Waals surface area contributed by atoms with Crippen molar-refractivity contribution in [2.45, 2.75) is 37.5 Å². The van der Waals surface area contributed by atoms with Gasteiger partial charge in [0.15, 0.2) is 11.6 Å². The van der Waals surface area contributed by atoms with Crippen molar-refractivity contribution in [3.63, 3.8) is 0 Å². The molecule has 0 unspecified atom stereocenters. The van der Waals surface area contributed by atoms with Crippen molar-refractivity contribution >= 4 is 5.97 Å². The second-order valence-corrected chi connectivity index (χ2v) is 4.92. The van der Waals surface area contributed by atoms with E-state index in [1.165, 1.54) is 7.11 Å². The minimum Gasteiger partial charge on any atom is -0.494 e. The molecule has 3 nitrogen and oxygen atoms in total. The van der Waals surface area contributed by atoms with E-state index in [0.29, 0.717) is 25.7 Å². The van der Waals surface area contributed by atoms with Crippen LogP contribution in [0.25, 0.3) is 0 Å². The molecule has 2 rings (SSSR count). The molecule has 1 aromatic rings. The van der Waals surface area contributed by atoms with Gasteiger partial charge in [-0.3, -0.25) is 4.79 Å². The van der Waals surface area contributed by atoms with E-state index >= 15 is 0 Å². The van der Waals surface area contributed by atoms with Crippen LogP contribution in [0.3, 0.4) is 0 Å². The number of carbonyl (C=O) groups is 1. The van der Waals surface area contributed by atoms with Gasteiger partial charge < -0.3 is 9.84 Å². The molecule has 0 aliphatic heterocycles. The van der Waals surface area contributed by atoms with Crippen molar-refractivity contribution in [3.8, 4) is 5.75 Å². The number of hydrogen-bond donors (Lipinski definition) is 1. The Hall–Kier alpha value is -1.65. The molecule has 0 atom stereocenters. The van der Waals surface area contributed by atoms with Crippen LogP contribution in [0.2, 0.25) is 0 Å². The molecule has 5 heteroatoms. The third kappa shape index (κ3) is 2.29. The predicted octanol–water partition coefficient (Wildman–Crippen LogP) is 3.26. The van der Waals surface area contributed by atoms with E-state index in [0.717, 1.165) is 18.6 Å². The minimum absolute atomic E-state index is 0.100. The summed E-state index contributed by atoms with van der Waals surface area (Å²) in [5.74, 6) is -2.80. The van der Waals surface area contributed by atoms with Crippen LogP contribution in [0.15, 0.2) is 12.1 Å². The van der Waals surface area contributed by atoms with Gasteiger partial charge in [0.25, 0.3) is 0 Å². The first kappa shape index (κ1) is 13.8. The van der Waals surface area contributed by atoms with Crippen LogP contribution in [-0.2, 0) is 10.2 Å². The van der Waals surface area contributed by atoms with Gasteiger partial charge in [0.05, 0.1) is 12.5 Å². The number of methoxy groups -OCH3 is 1. The Morgan fingerprint density at radius 1 is 1.26 bits per heavy atom. The van der Waals surface area contributed by atoms with Crippen LogP contribution in [0.5, 0.6) is 5.75 Å². The van der Waals surface area contributed by atoms with Crippen molar-refractivity contribution in [2.24, 2.45) is 0 Å². The number of rotatable bonds is 3. The number of benzene rings is 1. The van der Waals surface area contributed by atoms with E-state index in [1.807, 2.05) is 0 Å². The van der Waals surface area contributed by atoms with Crippen LogP contribution < -0.4 is 4.74 Å². The van der Waals surface area contributed by atoms with E-state index in [1.54, 1.807) is 0 Å². The van der Waals surface area contributed by atoms with Crippen LogP contribution in [0, 0.1) is 11.6 Å². The number of ether oxygens (including phenoxy) is 1. The highest BCUT2D eigenvalue weighted by atomic mass is 19.1. The van der Waals surface area contributed by atoms with Gasteiger partial charge in [-0.25, -0.2) is 8.78 Å². The largest absolute Gasteiger partial charge is 0.494 e. The third-order valence-electron chi connectivity index (χ3n) is 3.86. The van der Waals surface area contributed by atoms with E-state index in [9.17, 15) is 18.7 Å². The quantitative estimate of drug-likeness (QED) is 0.917. The average Bonchev–Trinajstić information content (AvgIpc) is 2.41. The summed E-state index contributed by atoms with van der Waals surface area (Å²) in [6, 6.07) is 1.91. The smallest absolute Gasteiger partial charge is 0.314 e. The molecule has 1 N–H and O–H groups in total. The first-order valence-corrected chi connectivity index (χ1v) is 6.28. The van der Waals surface area contributed by atoms with E-state index < -0.39 is 23.0 Å². The predicted molar refractivity (Wildman–Crippen MR) is 65.3 cm³/mol. The normalized spacial score (nSPS) is 18.1. The van der Waals surface area contributed by atoms with Gasteiger partial charge in [-0.15, -0.1) is 0 Å². The Labute approximate surface area is 110 Å². The van der Waals surface area contributed by atoms with Crippen LogP contribution >= 0.6 is 0 Å². The van der Waals surface area contributed by atoms with E-state index in [2.05, 4.69) is 0 Å². The lowest BCUT2D eigenvalue weighted by Gasteiger charge is -2.34.